The molecular weight excluding hydrogens is 248 g/mol. The van der Waals surface area contributed by atoms with Crippen LogP contribution in [0.4, 0.5) is 0 Å². The zero-order chi connectivity index (χ0) is 13.9. The molecule has 3 heteroatoms. The van der Waals surface area contributed by atoms with Gasteiger partial charge in [-0.2, -0.15) is 0 Å². The second-order valence-electron chi connectivity index (χ2n) is 4.93. The van der Waals surface area contributed by atoms with Crippen molar-refractivity contribution >= 4 is 10.8 Å². The molecule has 0 aliphatic heterocycles. The number of hydrogen-bond donors (Lipinski definition) is 1. The summed E-state index contributed by atoms with van der Waals surface area (Å²) >= 11 is 0. The quantitative estimate of drug-likeness (QED) is 0.779. The van der Waals surface area contributed by atoms with E-state index in [0.29, 0.717) is 0 Å². The van der Waals surface area contributed by atoms with E-state index in [9.17, 15) is 0 Å². The molecule has 0 aliphatic carbocycles. The molecule has 0 saturated heterocycles. The van der Waals surface area contributed by atoms with E-state index in [2.05, 4.69) is 41.5 Å². The van der Waals surface area contributed by atoms with Crippen molar-refractivity contribution in [2.75, 3.05) is 6.54 Å². The third kappa shape index (κ3) is 2.32. The van der Waals surface area contributed by atoms with Gasteiger partial charge in [0, 0.05) is 23.3 Å². The molecule has 1 N–H and O–H groups in total. The highest BCUT2D eigenvalue weighted by Crippen LogP contribution is 2.29. The Balaban J connectivity index is 2.14. The van der Waals surface area contributed by atoms with E-state index in [0.717, 1.165) is 17.9 Å². The molecule has 3 rings (SSSR count). The summed E-state index contributed by atoms with van der Waals surface area (Å²) in [5.74, 6) is 0.932. The number of benzene rings is 1. The monoisotopic (exact) mass is 266 g/mol. The van der Waals surface area contributed by atoms with Gasteiger partial charge < -0.3 is 9.73 Å². The molecule has 2 aromatic heterocycles. The van der Waals surface area contributed by atoms with Gasteiger partial charge in [-0.25, -0.2) is 0 Å². The first-order valence-electron chi connectivity index (χ1n) is 6.90. The van der Waals surface area contributed by atoms with Crippen molar-refractivity contribution in [2.45, 2.75) is 19.9 Å². The lowest BCUT2D eigenvalue weighted by molar-refractivity contribution is 0.526. The van der Waals surface area contributed by atoms with Crippen LogP contribution in [-0.4, -0.2) is 11.5 Å². The van der Waals surface area contributed by atoms with E-state index in [4.69, 9.17) is 4.42 Å². The fourth-order valence-electron chi connectivity index (χ4n) is 2.62. The highest BCUT2D eigenvalue weighted by atomic mass is 16.3. The minimum absolute atomic E-state index is 0.130. The van der Waals surface area contributed by atoms with Crippen LogP contribution in [0.1, 0.15) is 29.9 Å². The van der Waals surface area contributed by atoms with Gasteiger partial charge in [0.1, 0.15) is 5.76 Å². The van der Waals surface area contributed by atoms with E-state index in [1.54, 1.807) is 0 Å². The second kappa shape index (κ2) is 5.47. The molecule has 3 aromatic rings. The summed E-state index contributed by atoms with van der Waals surface area (Å²) < 4.78 is 5.47. The number of hydrogen-bond acceptors (Lipinski definition) is 3. The molecule has 0 spiro atoms. The summed E-state index contributed by atoms with van der Waals surface area (Å²) in [6, 6.07) is 10.6. The van der Waals surface area contributed by atoms with Crippen LogP contribution in [0.5, 0.6) is 0 Å². The average molecular weight is 266 g/mol. The first kappa shape index (κ1) is 12.9. The van der Waals surface area contributed by atoms with Crippen molar-refractivity contribution in [1.29, 1.82) is 0 Å². The summed E-state index contributed by atoms with van der Waals surface area (Å²) in [4.78, 5) is 4.26. The Hall–Kier alpha value is -2.13. The van der Waals surface area contributed by atoms with E-state index in [1.807, 2.05) is 31.6 Å². The van der Waals surface area contributed by atoms with Gasteiger partial charge in [-0.1, -0.05) is 25.1 Å². The zero-order valence-corrected chi connectivity index (χ0v) is 11.8. The Labute approximate surface area is 118 Å². The number of aryl methyl sites for hydroxylation is 1. The summed E-state index contributed by atoms with van der Waals surface area (Å²) in [7, 11) is 0. The van der Waals surface area contributed by atoms with E-state index in [1.165, 1.54) is 16.3 Å². The standard InChI is InChI=1S/C17H18N2O/c1-3-19-17(14-9-12(2)20-11-14)15-6-4-5-13-7-8-18-10-16(13)15/h4-11,17,19H,3H2,1-2H3. The van der Waals surface area contributed by atoms with E-state index >= 15 is 0 Å². The fourth-order valence-corrected chi connectivity index (χ4v) is 2.62. The number of nitrogens with one attached hydrogen (secondary N) is 1. The van der Waals surface area contributed by atoms with Crippen molar-refractivity contribution in [1.82, 2.24) is 10.3 Å². The maximum absolute atomic E-state index is 5.47. The molecule has 1 unspecified atom stereocenters. The van der Waals surface area contributed by atoms with Crippen LogP contribution < -0.4 is 5.32 Å². The Bertz CT molecular complexity index is 712. The molecule has 0 aliphatic rings. The third-order valence-electron chi connectivity index (χ3n) is 3.52. The maximum atomic E-state index is 5.47. The maximum Gasteiger partial charge on any atom is 0.101 e. The largest absolute Gasteiger partial charge is 0.469 e. The minimum Gasteiger partial charge on any atom is -0.469 e. The van der Waals surface area contributed by atoms with E-state index < -0.39 is 0 Å². The molecule has 20 heavy (non-hydrogen) atoms. The molecule has 0 fully saturated rings. The number of furan rings is 1. The molecule has 0 bridgehead atoms. The molecule has 0 saturated carbocycles. The Kier molecular flexibility index (Phi) is 3.52. The molecule has 0 radical (unpaired) electrons. The molecule has 3 nitrogen and oxygen atoms in total. The van der Waals surface area contributed by atoms with Gasteiger partial charge in [-0.3, -0.25) is 4.98 Å². The van der Waals surface area contributed by atoms with Crippen molar-refractivity contribution in [2.24, 2.45) is 0 Å². The van der Waals surface area contributed by atoms with Crippen molar-refractivity contribution in [3.8, 4) is 0 Å². The van der Waals surface area contributed by atoms with Crippen LogP contribution in [0.15, 0.2) is 53.4 Å². The third-order valence-corrected chi connectivity index (χ3v) is 3.52. The second-order valence-corrected chi connectivity index (χ2v) is 4.93. The Morgan fingerprint density at radius 1 is 1.30 bits per heavy atom. The first-order chi connectivity index (χ1) is 9.79. The Morgan fingerprint density at radius 2 is 2.20 bits per heavy atom. The SMILES string of the molecule is CCNC(c1coc(C)c1)c1cccc2ccncc12. The number of fused-ring (bicyclic) bond motifs is 1. The van der Waals surface area contributed by atoms with Gasteiger partial charge in [0.15, 0.2) is 0 Å². The fraction of sp³-hybridized carbons (Fsp3) is 0.235. The summed E-state index contributed by atoms with van der Waals surface area (Å²) in [6.45, 7) is 4.98. The average Bonchev–Trinajstić information content (AvgIpc) is 2.91. The molecule has 1 atom stereocenters. The normalized spacial score (nSPS) is 12.7. The van der Waals surface area contributed by atoms with Gasteiger partial charge in [-0.15, -0.1) is 0 Å². The van der Waals surface area contributed by atoms with Gasteiger partial charge in [0.25, 0.3) is 0 Å². The van der Waals surface area contributed by atoms with Crippen molar-refractivity contribution in [3.05, 3.63) is 65.9 Å². The lowest BCUT2D eigenvalue weighted by Crippen LogP contribution is -2.21. The summed E-state index contributed by atoms with van der Waals surface area (Å²) in [5.41, 5.74) is 2.39. The lowest BCUT2D eigenvalue weighted by atomic mass is 9.96. The van der Waals surface area contributed by atoms with Gasteiger partial charge in [0.05, 0.1) is 12.3 Å². The summed E-state index contributed by atoms with van der Waals surface area (Å²) in [5, 5.41) is 5.92. The summed E-state index contributed by atoms with van der Waals surface area (Å²) in [6.07, 6.45) is 5.59. The van der Waals surface area contributed by atoms with Crippen LogP contribution in [-0.2, 0) is 0 Å². The van der Waals surface area contributed by atoms with Crippen molar-refractivity contribution in [3.63, 3.8) is 0 Å². The van der Waals surface area contributed by atoms with Crippen LogP contribution in [0.2, 0.25) is 0 Å². The predicted molar refractivity (Wildman–Crippen MR) is 80.7 cm³/mol. The highest BCUT2D eigenvalue weighted by molar-refractivity contribution is 5.85. The van der Waals surface area contributed by atoms with Gasteiger partial charge >= 0.3 is 0 Å². The minimum atomic E-state index is 0.130. The highest BCUT2D eigenvalue weighted by Gasteiger charge is 2.17. The van der Waals surface area contributed by atoms with E-state index in [-0.39, 0.29) is 6.04 Å². The van der Waals surface area contributed by atoms with Crippen LogP contribution in [0, 0.1) is 6.92 Å². The number of rotatable bonds is 4. The number of nitrogens with zero attached hydrogens (tertiary/aromatic N) is 1. The van der Waals surface area contributed by atoms with Crippen molar-refractivity contribution < 1.29 is 4.42 Å². The molecule has 1 aromatic carbocycles. The topological polar surface area (TPSA) is 38.1 Å². The molecule has 2 heterocycles. The molecule has 0 amide bonds. The Morgan fingerprint density at radius 3 is 2.95 bits per heavy atom. The van der Waals surface area contributed by atoms with Crippen LogP contribution >= 0.6 is 0 Å². The van der Waals surface area contributed by atoms with Gasteiger partial charge in [0.2, 0.25) is 0 Å². The zero-order valence-electron chi connectivity index (χ0n) is 11.8. The first-order valence-corrected chi connectivity index (χ1v) is 6.90. The van der Waals surface area contributed by atoms with Gasteiger partial charge in [-0.05, 0) is 36.6 Å². The smallest absolute Gasteiger partial charge is 0.101 e. The van der Waals surface area contributed by atoms with Crippen LogP contribution in [0.3, 0.4) is 0 Å². The molecule has 102 valence electrons. The number of pyridine rings is 1. The number of aromatic nitrogens is 1. The lowest BCUT2D eigenvalue weighted by Gasteiger charge is -2.18. The van der Waals surface area contributed by atoms with Crippen LogP contribution in [0.25, 0.3) is 10.8 Å². The predicted octanol–water partition coefficient (Wildman–Crippen LogP) is 3.84. The molecular formula is C17H18N2O.